The third kappa shape index (κ3) is 4.00. The molecule has 0 aliphatic heterocycles. The third-order valence-corrected chi connectivity index (χ3v) is 9.20. The third-order valence-electron chi connectivity index (χ3n) is 9.20. The lowest BCUT2D eigenvalue weighted by Gasteiger charge is -2.35. The van der Waals surface area contributed by atoms with E-state index in [4.69, 9.17) is 0 Å². The van der Waals surface area contributed by atoms with Crippen molar-refractivity contribution in [2.45, 2.75) is 25.4 Å². The number of halogens is 3. The number of allylic oxidation sites excluding steroid dienone is 8. The van der Waals surface area contributed by atoms with Crippen molar-refractivity contribution in [2.75, 3.05) is 0 Å². The van der Waals surface area contributed by atoms with Gasteiger partial charge in [0.2, 0.25) is 0 Å². The highest BCUT2D eigenvalue weighted by atomic mass is 19.4. The summed E-state index contributed by atoms with van der Waals surface area (Å²) in [5, 5.41) is 21.3. The van der Waals surface area contributed by atoms with Crippen LogP contribution in [0.15, 0.2) is 109 Å². The van der Waals surface area contributed by atoms with E-state index in [2.05, 4.69) is 68.5 Å². The standard InChI is InChI=1S/C38H25F3N2/c1-37(2)33-18-31(22-13-15-26(16-14-22)38(39,40)41)27-7-3-5-9-29(27)35(33)36-30-10-6-4-8-28(30)32(19-34(36)37)23-11-12-24(20-42)25(17-23)21-43/h3-19,28,30H,1-2H3. The number of hydrogen-bond donors (Lipinski definition) is 0. The molecule has 2 atom stereocenters. The first-order valence-electron chi connectivity index (χ1n) is 14.1. The van der Waals surface area contributed by atoms with Crippen LogP contribution in [-0.4, -0.2) is 0 Å². The molecule has 0 amide bonds. The highest BCUT2D eigenvalue weighted by Gasteiger charge is 2.45. The second kappa shape index (κ2) is 9.45. The molecule has 3 aliphatic rings. The SMILES string of the molecule is CC1(C)C2=C(c3c1cc(-c1ccc(C(F)(F)F)cc1)c1ccccc31)C1C=CC=CC1C(c1ccc(C#N)c(C#N)c1)=C2. The van der Waals surface area contributed by atoms with E-state index < -0.39 is 17.2 Å². The summed E-state index contributed by atoms with van der Waals surface area (Å²) in [6.07, 6.45) is 6.45. The van der Waals surface area contributed by atoms with Gasteiger partial charge >= 0.3 is 6.18 Å². The molecule has 0 N–H and O–H groups in total. The van der Waals surface area contributed by atoms with Crippen molar-refractivity contribution in [1.29, 1.82) is 10.5 Å². The van der Waals surface area contributed by atoms with E-state index in [-0.39, 0.29) is 11.8 Å². The predicted molar refractivity (Wildman–Crippen MR) is 163 cm³/mol. The molecule has 7 rings (SSSR count). The molecular weight excluding hydrogens is 541 g/mol. The van der Waals surface area contributed by atoms with Gasteiger partial charge in [-0.15, -0.1) is 0 Å². The second-order valence-electron chi connectivity index (χ2n) is 11.8. The van der Waals surface area contributed by atoms with E-state index in [1.807, 2.05) is 30.3 Å². The molecule has 0 fully saturated rings. The van der Waals surface area contributed by atoms with Gasteiger partial charge in [0.1, 0.15) is 12.1 Å². The Morgan fingerprint density at radius 3 is 2.07 bits per heavy atom. The van der Waals surface area contributed by atoms with Crippen molar-refractivity contribution in [3.63, 3.8) is 0 Å². The molecule has 3 aliphatic carbocycles. The van der Waals surface area contributed by atoms with Gasteiger partial charge in [-0.2, -0.15) is 23.7 Å². The number of nitrogens with zero attached hydrogens (tertiary/aromatic N) is 2. The quantitative estimate of drug-likeness (QED) is 0.242. The fourth-order valence-electron chi connectivity index (χ4n) is 7.08. The number of benzene rings is 4. The van der Waals surface area contributed by atoms with Crippen molar-refractivity contribution >= 4 is 21.9 Å². The summed E-state index contributed by atoms with van der Waals surface area (Å²) in [5.41, 5.74) is 8.09. The van der Waals surface area contributed by atoms with Gasteiger partial charge in [0, 0.05) is 17.3 Å². The van der Waals surface area contributed by atoms with E-state index in [1.165, 1.54) is 16.7 Å². The number of rotatable bonds is 2. The Labute approximate surface area is 248 Å². The molecule has 5 heteroatoms. The van der Waals surface area contributed by atoms with Crippen LogP contribution >= 0.6 is 0 Å². The van der Waals surface area contributed by atoms with Crippen LogP contribution in [-0.2, 0) is 11.6 Å². The van der Waals surface area contributed by atoms with Crippen LogP contribution < -0.4 is 0 Å². The zero-order chi connectivity index (χ0) is 30.1. The smallest absolute Gasteiger partial charge is 0.192 e. The summed E-state index contributed by atoms with van der Waals surface area (Å²) in [5.74, 6) is 0.0976. The minimum Gasteiger partial charge on any atom is -0.192 e. The zero-order valence-corrected chi connectivity index (χ0v) is 23.5. The monoisotopic (exact) mass is 566 g/mol. The lowest BCUT2D eigenvalue weighted by molar-refractivity contribution is -0.137. The molecule has 0 spiro atoms. The number of fused-ring (bicyclic) bond motifs is 6. The second-order valence-corrected chi connectivity index (χ2v) is 11.8. The largest absolute Gasteiger partial charge is 0.416 e. The maximum Gasteiger partial charge on any atom is 0.416 e. The maximum atomic E-state index is 13.3. The Kier molecular flexibility index (Phi) is 5.88. The van der Waals surface area contributed by atoms with Gasteiger partial charge in [-0.25, -0.2) is 0 Å². The molecule has 4 aromatic carbocycles. The number of nitriles is 2. The minimum atomic E-state index is -4.39. The molecular formula is C38H25F3N2. The van der Waals surface area contributed by atoms with Gasteiger partial charge in [0.15, 0.2) is 0 Å². The molecule has 4 aromatic rings. The zero-order valence-electron chi connectivity index (χ0n) is 23.5. The maximum absolute atomic E-state index is 13.3. The predicted octanol–water partition coefficient (Wildman–Crippen LogP) is 9.77. The van der Waals surface area contributed by atoms with Gasteiger partial charge in [-0.05, 0) is 85.6 Å². The molecule has 0 saturated carbocycles. The van der Waals surface area contributed by atoms with Crippen LogP contribution in [0.5, 0.6) is 0 Å². The Morgan fingerprint density at radius 1 is 0.744 bits per heavy atom. The Morgan fingerprint density at radius 2 is 1.40 bits per heavy atom. The van der Waals surface area contributed by atoms with Crippen LogP contribution in [0.25, 0.3) is 33.0 Å². The summed E-state index contributed by atoms with van der Waals surface area (Å²) >= 11 is 0. The summed E-state index contributed by atoms with van der Waals surface area (Å²) < 4.78 is 40.0. The van der Waals surface area contributed by atoms with Gasteiger partial charge in [-0.1, -0.05) is 86.7 Å². The van der Waals surface area contributed by atoms with Gasteiger partial charge < -0.3 is 0 Å². The molecule has 0 heterocycles. The van der Waals surface area contributed by atoms with Crippen molar-refractivity contribution in [3.05, 3.63) is 142 Å². The van der Waals surface area contributed by atoms with E-state index in [1.54, 1.807) is 18.2 Å². The van der Waals surface area contributed by atoms with Gasteiger partial charge in [0.05, 0.1) is 16.7 Å². The molecule has 43 heavy (non-hydrogen) atoms. The minimum absolute atomic E-state index is 0.0401. The van der Waals surface area contributed by atoms with Crippen LogP contribution in [0.1, 0.15) is 47.2 Å². The summed E-state index contributed by atoms with van der Waals surface area (Å²) in [6.45, 7) is 4.41. The molecule has 208 valence electrons. The van der Waals surface area contributed by atoms with Crippen LogP contribution in [0.3, 0.4) is 0 Å². The Bertz CT molecular complexity index is 2060. The molecule has 0 bridgehead atoms. The van der Waals surface area contributed by atoms with Crippen molar-refractivity contribution < 1.29 is 13.2 Å². The van der Waals surface area contributed by atoms with Crippen LogP contribution in [0.2, 0.25) is 0 Å². The summed E-state index contributed by atoms with van der Waals surface area (Å²) in [4.78, 5) is 0. The van der Waals surface area contributed by atoms with Crippen molar-refractivity contribution in [2.24, 2.45) is 11.8 Å². The first-order chi connectivity index (χ1) is 20.6. The Balaban J connectivity index is 1.47. The number of alkyl halides is 3. The van der Waals surface area contributed by atoms with Gasteiger partial charge in [0.25, 0.3) is 0 Å². The topological polar surface area (TPSA) is 47.6 Å². The highest BCUT2D eigenvalue weighted by Crippen LogP contribution is 2.59. The average molecular weight is 567 g/mol. The Hall–Kier alpha value is -5.13. The van der Waals surface area contributed by atoms with E-state index in [0.29, 0.717) is 11.1 Å². The summed E-state index contributed by atoms with van der Waals surface area (Å²) in [6, 6.07) is 25.5. The van der Waals surface area contributed by atoms with Gasteiger partial charge in [-0.3, -0.25) is 0 Å². The molecule has 0 saturated heterocycles. The first-order valence-corrected chi connectivity index (χ1v) is 14.1. The molecule has 0 radical (unpaired) electrons. The van der Waals surface area contributed by atoms with E-state index in [0.717, 1.165) is 50.7 Å². The van der Waals surface area contributed by atoms with Crippen LogP contribution in [0.4, 0.5) is 13.2 Å². The number of hydrogen-bond acceptors (Lipinski definition) is 2. The summed E-state index contributed by atoms with van der Waals surface area (Å²) in [7, 11) is 0. The molecule has 0 aromatic heterocycles. The average Bonchev–Trinajstić information content (AvgIpc) is 3.25. The lowest BCUT2D eigenvalue weighted by Crippen LogP contribution is -2.23. The normalized spacial score (nSPS) is 19.7. The fraction of sp³-hybridized carbons (Fsp3) is 0.158. The van der Waals surface area contributed by atoms with Crippen molar-refractivity contribution in [3.8, 4) is 23.3 Å². The first kappa shape index (κ1) is 26.7. The lowest BCUT2D eigenvalue weighted by atomic mass is 9.68. The highest BCUT2D eigenvalue weighted by molar-refractivity contribution is 6.08. The fourth-order valence-corrected chi connectivity index (χ4v) is 7.08. The molecule has 2 nitrogen and oxygen atoms in total. The van der Waals surface area contributed by atoms with E-state index in [9.17, 15) is 23.7 Å². The van der Waals surface area contributed by atoms with Crippen LogP contribution in [0, 0.1) is 34.5 Å². The van der Waals surface area contributed by atoms with Crippen molar-refractivity contribution in [1.82, 2.24) is 0 Å². The van der Waals surface area contributed by atoms with E-state index >= 15 is 0 Å². The molecule has 2 unspecified atom stereocenters.